The van der Waals surface area contributed by atoms with Crippen LogP contribution in [0.4, 0.5) is 0 Å². The molecule has 0 saturated heterocycles. The van der Waals surface area contributed by atoms with Gasteiger partial charge in [0.05, 0.1) is 0 Å². The molecule has 0 amide bonds. The van der Waals surface area contributed by atoms with E-state index in [9.17, 15) is 0 Å². The Labute approximate surface area is 61.5 Å². The molecule has 0 radical (unpaired) electrons. The van der Waals surface area contributed by atoms with Gasteiger partial charge in [0.25, 0.3) is 0 Å². The van der Waals surface area contributed by atoms with Crippen LogP contribution in [0.3, 0.4) is 0 Å². The van der Waals surface area contributed by atoms with Crippen LogP contribution in [0.5, 0.6) is 0 Å². The van der Waals surface area contributed by atoms with Crippen LogP contribution in [0.25, 0.3) is 0 Å². The summed E-state index contributed by atoms with van der Waals surface area (Å²) in [6.07, 6.45) is 0. The van der Waals surface area contributed by atoms with Gasteiger partial charge in [-0.25, -0.2) is 0 Å². The number of rotatable bonds is 2. The van der Waals surface area contributed by atoms with E-state index in [0.717, 1.165) is 0 Å². The van der Waals surface area contributed by atoms with Crippen molar-refractivity contribution >= 4 is 28.5 Å². The van der Waals surface area contributed by atoms with Gasteiger partial charge in [0.2, 0.25) is 0 Å². The first-order chi connectivity index (χ1) is 3.55. The van der Waals surface area contributed by atoms with Gasteiger partial charge in [0, 0.05) is 0 Å². The van der Waals surface area contributed by atoms with Crippen LogP contribution in [0.2, 0.25) is 5.82 Å². The van der Waals surface area contributed by atoms with Crippen LogP contribution >= 0.6 is 22.9 Å². The molecule has 8 heavy (non-hydrogen) atoms. The molecule has 48 valence electrons. The average molecular weight is 153 g/mol. The van der Waals surface area contributed by atoms with E-state index in [0.29, 0.717) is 11.7 Å². The van der Waals surface area contributed by atoms with E-state index in [4.69, 9.17) is 22.9 Å². The fraction of sp³-hybridized carbons (Fsp3) is 1.00. The zero-order valence-electron chi connectivity index (χ0n) is 5.49. The minimum Gasteiger partial charge on any atom is -0.171 e. The molecule has 0 aromatic heterocycles. The molecule has 1 atom stereocenters. The lowest BCUT2D eigenvalue weighted by molar-refractivity contribution is 0.621. The standard InChI is InChI=1S/C5H11BCl2/c1-4(2)5(3)6(7)8/h4-5H,1-3H3/t5-/m0/s1. The van der Waals surface area contributed by atoms with Gasteiger partial charge in [-0.15, -0.1) is 0 Å². The summed E-state index contributed by atoms with van der Waals surface area (Å²) >= 11 is 11.2. The predicted octanol–water partition coefficient (Wildman–Crippen LogP) is 3.00. The second kappa shape index (κ2) is 3.63. The molecule has 0 saturated carbocycles. The van der Waals surface area contributed by atoms with Gasteiger partial charge in [-0.2, -0.15) is 22.9 Å². The Bertz CT molecular complexity index is 55.4. The molecule has 0 aliphatic heterocycles. The molecule has 0 spiro atoms. The monoisotopic (exact) mass is 152 g/mol. The molecule has 0 heterocycles. The van der Waals surface area contributed by atoms with E-state index in [1.807, 2.05) is 0 Å². The quantitative estimate of drug-likeness (QED) is 0.534. The van der Waals surface area contributed by atoms with Gasteiger partial charge >= 0.3 is 5.54 Å². The van der Waals surface area contributed by atoms with E-state index in [-0.39, 0.29) is 5.54 Å². The Morgan fingerprint density at radius 1 is 1.12 bits per heavy atom. The fourth-order valence-corrected chi connectivity index (χ4v) is 0.873. The molecule has 0 aliphatic rings. The lowest BCUT2D eigenvalue weighted by Crippen LogP contribution is -2.09. The molecular formula is C5H11BCl2. The molecule has 0 bridgehead atoms. The zero-order valence-corrected chi connectivity index (χ0v) is 7.00. The molecule has 0 N–H and O–H groups in total. The topological polar surface area (TPSA) is 0 Å². The van der Waals surface area contributed by atoms with Crippen molar-refractivity contribution in [1.82, 2.24) is 0 Å². The van der Waals surface area contributed by atoms with Gasteiger partial charge in [-0.3, -0.25) is 0 Å². The maximum atomic E-state index is 5.59. The minimum atomic E-state index is -0.213. The Morgan fingerprint density at radius 2 is 1.50 bits per heavy atom. The van der Waals surface area contributed by atoms with Crippen molar-refractivity contribution < 1.29 is 0 Å². The molecular weight excluding hydrogens is 142 g/mol. The SMILES string of the molecule is CC(C)[C@H](C)B(Cl)Cl. The Hall–Kier alpha value is 0.645. The lowest BCUT2D eigenvalue weighted by atomic mass is 9.78. The summed E-state index contributed by atoms with van der Waals surface area (Å²) in [5, 5.41) is 0. The van der Waals surface area contributed by atoms with E-state index < -0.39 is 0 Å². The van der Waals surface area contributed by atoms with E-state index >= 15 is 0 Å². The van der Waals surface area contributed by atoms with Crippen LogP contribution < -0.4 is 0 Å². The average Bonchev–Trinajstić information content (AvgIpc) is 1.64. The summed E-state index contributed by atoms with van der Waals surface area (Å²) in [6.45, 7) is 6.28. The second-order valence-electron chi connectivity index (χ2n) is 2.44. The predicted molar refractivity (Wildman–Crippen MR) is 41.7 cm³/mol. The van der Waals surface area contributed by atoms with Crippen molar-refractivity contribution in [2.75, 3.05) is 0 Å². The van der Waals surface area contributed by atoms with Crippen molar-refractivity contribution in [3.05, 3.63) is 0 Å². The molecule has 0 aromatic carbocycles. The van der Waals surface area contributed by atoms with Gasteiger partial charge in [0.1, 0.15) is 0 Å². The van der Waals surface area contributed by atoms with Gasteiger partial charge in [-0.05, 0) is 11.7 Å². The first-order valence-electron chi connectivity index (χ1n) is 2.84. The van der Waals surface area contributed by atoms with Crippen LogP contribution in [0.15, 0.2) is 0 Å². The highest BCUT2D eigenvalue weighted by Crippen LogP contribution is 2.24. The smallest absolute Gasteiger partial charge is 0.171 e. The minimum absolute atomic E-state index is 0.213. The second-order valence-corrected chi connectivity index (χ2v) is 3.60. The largest absolute Gasteiger partial charge is 0.354 e. The third kappa shape index (κ3) is 2.83. The zero-order chi connectivity index (χ0) is 6.73. The molecule has 0 aliphatic carbocycles. The van der Waals surface area contributed by atoms with Crippen LogP contribution in [-0.4, -0.2) is 5.54 Å². The molecule has 0 fully saturated rings. The van der Waals surface area contributed by atoms with Gasteiger partial charge in [0.15, 0.2) is 0 Å². The maximum absolute atomic E-state index is 5.59. The summed E-state index contributed by atoms with van der Waals surface area (Å²) in [4.78, 5) is 0. The normalized spacial score (nSPS) is 14.2. The Morgan fingerprint density at radius 3 is 1.50 bits per heavy atom. The van der Waals surface area contributed by atoms with E-state index in [1.54, 1.807) is 0 Å². The Kier molecular flexibility index (Phi) is 3.92. The summed E-state index contributed by atoms with van der Waals surface area (Å²) in [5.74, 6) is 0.980. The number of hydrogen-bond donors (Lipinski definition) is 0. The molecule has 0 rings (SSSR count). The highest BCUT2D eigenvalue weighted by molar-refractivity contribution is 7.34. The van der Waals surface area contributed by atoms with Crippen molar-refractivity contribution in [2.24, 2.45) is 5.92 Å². The summed E-state index contributed by atoms with van der Waals surface area (Å²) < 4.78 is 0. The molecule has 0 nitrogen and oxygen atoms in total. The first-order valence-corrected chi connectivity index (χ1v) is 3.71. The van der Waals surface area contributed by atoms with E-state index in [1.165, 1.54) is 0 Å². The first kappa shape index (κ1) is 8.64. The fourth-order valence-electron chi connectivity index (χ4n) is 0.291. The van der Waals surface area contributed by atoms with E-state index in [2.05, 4.69) is 20.8 Å². The highest BCUT2D eigenvalue weighted by atomic mass is 35.5. The van der Waals surface area contributed by atoms with Crippen molar-refractivity contribution in [3.8, 4) is 0 Å². The number of hydrogen-bond acceptors (Lipinski definition) is 0. The highest BCUT2D eigenvalue weighted by Gasteiger charge is 2.19. The van der Waals surface area contributed by atoms with Crippen LogP contribution in [0, 0.1) is 5.92 Å². The Balaban J connectivity index is 3.46. The summed E-state index contributed by atoms with van der Waals surface area (Å²) in [6, 6.07) is 0. The third-order valence-corrected chi connectivity index (χ3v) is 2.24. The summed E-state index contributed by atoms with van der Waals surface area (Å²) in [5.41, 5.74) is -0.213. The summed E-state index contributed by atoms with van der Waals surface area (Å²) in [7, 11) is 0. The van der Waals surface area contributed by atoms with Gasteiger partial charge < -0.3 is 0 Å². The molecule has 3 heteroatoms. The van der Waals surface area contributed by atoms with Crippen LogP contribution in [-0.2, 0) is 0 Å². The lowest BCUT2D eigenvalue weighted by Gasteiger charge is -2.12. The van der Waals surface area contributed by atoms with Gasteiger partial charge in [-0.1, -0.05) is 20.8 Å². The molecule has 0 aromatic rings. The number of halogens is 2. The van der Waals surface area contributed by atoms with Crippen molar-refractivity contribution in [1.29, 1.82) is 0 Å². The third-order valence-electron chi connectivity index (χ3n) is 1.45. The van der Waals surface area contributed by atoms with Crippen molar-refractivity contribution in [2.45, 2.75) is 26.6 Å². The molecule has 0 unspecified atom stereocenters. The van der Waals surface area contributed by atoms with Crippen LogP contribution in [0.1, 0.15) is 20.8 Å². The maximum Gasteiger partial charge on any atom is 0.354 e. The van der Waals surface area contributed by atoms with Crippen molar-refractivity contribution in [3.63, 3.8) is 0 Å².